The van der Waals surface area contributed by atoms with Crippen LogP contribution in [0.4, 0.5) is 0 Å². The molecule has 34 atom stereocenters. The SMILES string of the molecule is CC(=O)[C@@H]1[C@H]2CC[C@H]3[C@@H](CC=C4C[C@@H](O[C@@H]5O[C@H](CO)[C@@H](O[C@@H]6O[C@H](C)[C@@H](O[C@H]7O[C@@H](C)[C@H](O)[C@H](O)[C@@H]7O)[C@H](O)[C@H]6O)[C@H](O)[C@H]5O[C@@H]5O[C@@H](O)[C@@H](O)[C@H](O)[C@H]5C)CC[C@@]43C)[C@H]2C[C@H]1OC(=O)CC[C@@H](C)CO[C@@H]1O[C@H](CO)[C@H](O)[C@H](O)[C@H]1O. The zero-order valence-corrected chi connectivity index (χ0v) is 47.7. The molecular formula is C56H90O27. The van der Waals surface area contributed by atoms with Gasteiger partial charge in [0.15, 0.2) is 37.7 Å². The van der Waals surface area contributed by atoms with Crippen molar-refractivity contribution < 1.29 is 133 Å². The van der Waals surface area contributed by atoms with Gasteiger partial charge in [-0.1, -0.05) is 32.4 Å². The van der Waals surface area contributed by atoms with Gasteiger partial charge in [0.2, 0.25) is 0 Å². The molecule has 0 radical (unpaired) electrons. The van der Waals surface area contributed by atoms with Crippen molar-refractivity contribution in [3.63, 3.8) is 0 Å². The van der Waals surface area contributed by atoms with Gasteiger partial charge in [-0.15, -0.1) is 0 Å². The number of allylic oxidation sites excluding steroid dienone is 1. The fraction of sp³-hybridized carbons (Fsp3) is 0.929. The lowest BCUT2D eigenvalue weighted by Crippen LogP contribution is -2.67. The summed E-state index contributed by atoms with van der Waals surface area (Å²) in [4.78, 5) is 26.9. The molecular weight excluding hydrogens is 1100 g/mol. The Bertz CT molecular complexity index is 2190. The molecule has 0 aromatic rings. The third kappa shape index (κ3) is 13.2. The van der Waals surface area contributed by atoms with Crippen molar-refractivity contribution in [2.45, 2.75) is 259 Å². The second-order valence-electron chi connectivity index (χ2n) is 25.3. The molecule has 14 N–H and O–H groups in total. The van der Waals surface area contributed by atoms with Crippen LogP contribution in [0.1, 0.15) is 99.3 Å². The molecule has 9 aliphatic rings. The standard InChI is InChI=1S/C56H90O27/c1-20(19-73-52-43(68)40(65)38(63)32(17-57)78-52)7-12-34(60)77-31-16-29-27-9-8-25-15-26(13-14-56(25,6)30(27)11-10-28(29)35(31)22(3)59)76-55-49(82-51-21(2)36(61)42(67)50(72)83-51)46(71)48(33(18-58)79-55)81-54-45(70)41(66)47(24(5)75-54)80-53-44(69)39(64)37(62)23(4)74-53/h8,20-21,23-24,26-33,35-55,57-58,61-72H,7,9-19H2,1-6H3/t20-,21-,23+,24-,26+,27+,28+,29-,30+,31-,32-,33-,35-,36-,37+,38+,39+,40+,41-,42+,43-,44+,45-,46+,47-,48-,49-,50-,51-,52-,53-,54+,55-,56+/m1/s1. The lowest BCUT2D eigenvalue weighted by atomic mass is 9.50. The summed E-state index contributed by atoms with van der Waals surface area (Å²) < 4.78 is 65.7. The fourth-order valence-electron chi connectivity index (χ4n) is 14.9. The average molecular weight is 1200 g/mol. The summed E-state index contributed by atoms with van der Waals surface area (Å²) in [5, 5.41) is 149. The molecule has 5 saturated heterocycles. The van der Waals surface area contributed by atoms with Crippen molar-refractivity contribution in [3.8, 4) is 0 Å². The molecule has 0 aromatic carbocycles. The van der Waals surface area contributed by atoms with Crippen molar-refractivity contribution in [3.05, 3.63) is 11.6 Å². The van der Waals surface area contributed by atoms with E-state index in [1.165, 1.54) is 20.8 Å². The van der Waals surface area contributed by atoms with Gasteiger partial charge in [-0.25, -0.2) is 0 Å². The van der Waals surface area contributed by atoms with E-state index in [0.29, 0.717) is 38.5 Å². The van der Waals surface area contributed by atoms with E-state index >= 15 is 0 Å². The van der Waals surface area contributed by atoms with Gasteiger partial charge in [-0.2, -0.15) is 0 Å². The van der Waals surface area contributed by atoms with Gasteiger partial charge in [-0.3, -0.25) is 9.59 Å². The van der Waals surface area contributed by atoms with Crippen LogP contribution in [0.15, 0.2) is 11.6 Å². The third-order valence-electron chi connectivity index (χ3n) is 19.9. The maximum atomic E-state index is 13.5. The van der Waals surface area contributed by atoms with Crippen LogP contribution in [0.2, 0.25) is 0 Å². The zero-order chi connectivity index (χ0) is 60.3. The molecule has 5 heterocycles. The number of hydrogen-bond acceptors (Lipinski definition) is 27. The molecule has 9 rings (SSSR count). The van der Waals surface area contributed by atoms with Gasteiger partial charge in [0, 0.05) is 12.3 Å². The largest absolute Gasteiger partial charge is 0.462 e. The summed E-state index contributed by atoms with van der Waals surface area (Å²) in [5.74, 6) is -1.56. The van der Waals surface area contributed by atoms with Crippen molar-refractivity contribution in [1.29, 1.82) is 0 Å². The normalized spacial score (nSPS) is 51.4. The van der Waals surface area contributed by atoms with Crippen LogP contribution in [0, 0.1) is 46.8 Å². The summed E-state index contributed by atoms with van der Waals surface area (Å²) in [7, 11) is 0. The highest BCUT2D eigenvalue weighted by Gasteiger charge is 2.60. The van der Waals surface area contributed by atoms with Crippen molar-refractivity contribution in [1.82, 2.24) is 0 Å². The van der Waals surface area contributed by atoms with Gasteiger partial charge >= 0.3 is 5.97 Å². The fourth-order valence-corrected chi connectivity index (χ4v) is 14.9. The van der Waals surface area contributed by atoms with Crippen LogP contribution in [-0.2, 0) is 61.7 Å². The number of hydrogen-bond donors (Lipinski definition) is 14. The van der Waals surface area contributed by atoms with Crippen LogP contribution in [0.5, 0.6) is 0 Å². The molecule has 27 nitrogen and oxygen atoms in total. The molecule has 27 heteroatoms. The monoisotopic (exact) mass is 1190 g/mol. The molecule has 3 saturated carbocycles. The van der Waals surface area contributed by atoms with Gasteiger partial charge in [0.05, 0.1) is 50.2 Å². The predicted molar refractivity (Wildman–Crippen MR) is 277 cm³/mol. The first-order chi connectivity index (χ1) is 39.3. The number of aliphatic hydroxyl groups is 14. The Morgan fingerprint density at radius 1 is 0.614 bits per heavy atom. The van der Waals surface area contributed by atoms with Crippen LogP contribution in [0.3, 0.4) is 0 Å². The summed E-state index contributed by atoms with van der Waals surface area (Å²) in [6.07, 6.45) is -30.5. The number of aliphatic hydroxyl groups excluding tert-OH is 14. The van der Waals surface area contributed by atoms with Gasteiger partial charge in [0.1, 0.15) is 103 Å². The van der Waals surface area contributed by atoms with Crippen LogP contribution in [0.25, 0.3) is 0 Å². The average Bonchev–Trinajstić information content (AvgIpc) is 2.32. The second kappa shape index (κ2) is 26.9. The summed E-state index contributed by atoms with van der Waals surface area (Å²) >= 11 is 0. The molecule has 0 bridgehead atoms. The molecule has 0 unspecified atom stereocenters. The van der Waals surface area contributed by atoms with Gasteiger partial charge in [-0.05, 0) is 107 Å². The minimum atomic E-state index is -1.89. The Kier molecular flexibility index (Phi) is 21.2. The lowest BCUT2D eigenvalue weighted by Gasteiger charge is -2.55. The van der Waals surface area contributed by atoms with Crippen LogP contribution < -0.4 is 0 Å². The van der Waals surface area contributed by atoms with E-state index in [0.717, 1.165) is 18.4 Å². The molecule has 0 amide bonds. The third-order valence-corrected chi connectivity index (χ3v) is 19.9. The quantitative estimate of drug-likeness (QED) is 0.0467. The summed E-state index contributed by atoms with van der Waals surface area (Å²) in [5.41, 5.74) is 0.889. The highest BCUT2D eigenvalue weighted by Crippen LogP contribution is 2.63. The molecule has 8 fully saturated rings. The highest BCUT2D eigenvalue weighted by atomic mass is 16.8. The van der Waals surface area contributed by atoms with Gasteiger partial charge in [0.25, 0.3) is 0 Å². The Labute approximate surface area is 481 Å². The minimum Gasteiger partial charge on any atom is -0.462 e. The number of fused-ring (bicyclic) bond motifs is 5. The van der Waals surface area contributed by atoms with Crippen molar-refractivity contribution in [2.24, 2.45) is 46.8 Å². The van der Waals surface area contributed by atoms with E-state index in [1.807, 2.05) is 6.92 Å². The first-order valence-electron chi connectivity index (χ1n) is 29.6. The van der Waals surface area contributed by atoms with Crippen LogP contribution >= 0.6 is 0 Å². The number of rotatable bonds is 18. The van der Waals surface area contributed by atoms with Crippen molar-refractivity contribution >= 4 is 11.8 Å². The van der Waals surface area contributed by atoms with Crippen LogP contribution in [-0.4, -0.2) is 263 Å². The molecule has 0 aromatic heterocycles. The molecule has 476 valence electrons. The maximum absolute atomic E-state index is 13.5. The predicted octanol–water partition coefficient (Wildman–Crippen LogP) is -3.54. The number of esters is 1. The van der Waals surface area contributed by atoms with Crippen molar-refractivity contribution in [2.75, 3.05) is 19.8 Å². The smallest absolute Gasteiger partial charge is 0.306 e. The second-order valence-corrected chi connectivity index (χ2v) is 25.3. The minimum absolute atomic E-state index is 0.0243. The number of carbonyl (C=O) groups excluding carboxylic acids is 2. The Balaban J connectivity index is 0.841. The maximum Gasteiger partial charge on any atom is 0.306 e. The molecule has 5 aliphatic heterocycles. The molecule has 4 aliphatic carbocycles. The summed E-state index contributed by atoms with van der Waals surface area (Å²) in [6, 6.07) is 0. The van der Waals surface area contributed by atoms with E-state index in [-0.39, 0.29) is 53.8 Å². The Morgan fingerprint density at radius 2 is 1.24 bits per heavy atom. The lowest BCUT2D eigenvalue weighted by molar-refractivity contribution is -0.399. The number of Topliss-reactive ketones (excluding diaryl/α,β-unsaturated/α-hetero) is 1. The van der Waals surface area contributed by atoms with E-state index in [4.69, 9.17) is 52.1 Å². The Hall–Kier alpha value is -2.08. The van der Waals surface area contributed by atoms with E-state index in [2.05, 4.69) is 13.0 Å². The number of ether oxygens (including phenoxy) is 11. The van der Waals surface area contributed by atoms with E-state index in [9.17, 15) is 81.1 Å². The topological polar surface area (TPSA) is 419 Å². The van der Waals surface area contributed by atoms with E-state index in [1.54, 1.807) is 6.92 Å². The summed E-state index contributed by atoms with van der Waals surface area (Å²) in [6.45, 7) is 8.72. The first-order valence-corrected chi connectivity index (χ1v) is 29.6. The zero-order valence-electron chi connectivity index (χ0n) is 47.7. The van der Waals surface area contributed by atoms with E-state index < -0.39 is 191 Å². The van der Waals surface area contributed by atoms with Gasteiger partial charge < -0.3 is 124 Å². The first kappa shape index (κ1) is 65.4. The molecule has 0 spiro atoms. The highest BCUT2D eigenvalue weighted by molar-refractivity contribution is 5.80. The Morgan fingerprint density at radius 3 is 1.93 bits per heavy atom. The molecule has 83 heavy (non-hydrogen) atoms. The number of ketones is 1. The number of carbonyl (C=O) groups is 2.